The maximum Gasteiger partial charge on any atom is 0.407 e. The highest BCUT2D eigenvalue weighted by Crippen LogP contribution is 2.35. The third-order valence-corrected chi connectivity index (χ3v) is 8.05. The number of fused-ring (bicyclic) bond motifs is 1. The van der Waals surface area contributed by atoms with Gasteiger partial charge in [-0.05, 0) is 77.1 Å². The summed E-state index contributed by atoms with van der Waals surface area (Å²) < 4.78 is 19.8. The molecule has 1 aromatic carbocycles. The molecule has 15 nitrogen and oxygen atoms in total. The summed E-state index contributed by atoms with van der Waals surface area (Å²) in [7, 11) is 0. The molecule has 276 valence electrons. The van der Waals surface area contributed by atoms with Crippen molar-refractivity contribution >= 4 is 34.8 Å². The van der Waals surface area contributed by atoms with Crippen LogP contribution in [0.4, 0.5) is 21.1 Å². The van der Waals surface area contributed by atoms with Crippen LogP contribution in [-0.4, -0.2) is 98.0 Å². The van der Waals surface area contributed by atoms with Crippen LogP contribution >= 0.6 is 0 Å². The number of urea groups is 1. The Morgan fingerprint density at radius 1 is 1.00 bits per heavy atom. The van der Waals surface area contributed by atoms with Crippen molar-refractivity contribution in [3.63, 3.8) is 0 Å². The standard InChI is InChI=1S/C35H55N9O6/c1-33(2,3)23-11-13-24(14-12-23)42-31(45)37-16-18-43(17-10-9-15-38-32(46)50-34(4,5)6)20-26-25(49-35(7,8)47)19-27(48-26)44-22-41-28-29(36)39-21-40-30(28)44/h11-14,21-22,25-27,47H,9-10,15-20H2,1-8H3,(H,38,46)(H2,36,39,40)(H2,37,42,45). The molecule has 15 heteroatoms. The fourth-order valence-electron chi connectivity index (χ4n) is 5.68. The number of nitrogens with one attached hydrogen (secondary N) is 3. The van der Waals surface area contributed by atoms with E-state index in [0.29, 0.717) is 62.4 Å². The highest BCUT2D eigenvalue weighted by Gasteiger charge is 2.41. The van der Waals surface area contributed by atoms with Gasteiger partial charge in [0.05, 0.1) is 18.5 Å². The van der Waals surface area contributed by atoms with Gasteiger partial charge in [-0.15, -0.1) is 0 Å². The Labute approximate surface area is 294 Å². The summed E-state index contributed by atoms with van der Waals surface area (Å²) in [5.74, 6) is -1.12. The molecule has 1 saturated heterocycles. The lowest BCUT2D eigenvalue weighted by molar-refractivity contribution is -0.215. The lowest BCUT2D eigenvalue weighted by Crippen LogP contribution is -2.45. The molecule has 4 rings (SSSR count). The molecule has 2 aromatic heterocycles. The number of nitrogens with two attached hydrogens (primary N) is 1. The summed E-state index contributed by atoms with van der Waals surface area (Å²) >= 11 is 0. The van der Waals surface area contributed by atoms with Crippen LogP contribution in [0.25, 0.3) is 11.2 Å². The predicted molar refractivity (Wildman–Crippen MR) is 192 cm³/mol. The molecule has 0 saturated carbocycles. The minimum atomic E-state index is -1.40. The minimum absolute atomic E-state index is 0.0188. The summed E-state index contributed by atoms with van der Waals surface area (Å²) in [6, 6.07) is 7.54. The van der Waals surface area contributed by atoms with Gasteiger partial charge in [0, 0.05) is 38.3 Å². The molecule has 3 heterocycles. The van der Waals surface area contributed by atoms with Crippen LogP contribution in [0.5, 0.6) is 0 Å². The predicted octanol–water partition coefficient (Wildman–Crippen LogP) is 4.54. The zero-order valence-electron chi connectivity index (χ0n) is 30.7. The molecule has 3 atom stereocenters. The Hall–Kier alpha value is -4.05. The number of carbonyl (C=O) groups is 2. The number of carbonyl (C=O) groups excluding carboxylic acids is 2. The van der Waals surface area contributed by atoms with Crippen molar-refractivity contribution in [2.45, 2.75) is 110 Å². The minimum Gasteiger partial charge on any atom is -0.444 e. The Morgan fingerprint density at radius 3 is 2.38 bits per heavy atom. The average Bonchev–Trinajstić information content (AvgIpc) is 3.59. The van der Waals surface area contributed by atoms with E-state index in [1.54, 1.807) is 24.7 Å². The monoisotopic (exact) mass is 697 g/mol. The van der Waals surface area contributed by atoms with Crippen molar-refractivity contribution in [1.82, 2.24) is 35.1 Å². The van der Waals surface area contributed by atoms with Gasteiger partial charge in [0.15, 0.2) is 17.3 Å². The van der Waals surface area contributed by atoms with Gasteiger partial charge in [-0.1, -0.05) is 32.9 Å². The zero-order chi connectivity index (χ0) is 36.7. The molecule has 3 unspecified atom stereocenters. The van der Waals surface area contributed by atoms with Gasteiger partial charge in [-0.25, -0.2) is 24.5 Å². The van der Waals surface area contributed by atoms with Gasteiger partial charge in [0.1, 0.15) is 23.7 Å². The quantitative estimate of drug-likeness (QED) is 0.117. The Bertz CT molecular complexity index is 1560. The van der Waals surface area contributed by atoms with Crippen molar-refractivity contribution in [2.75, 3.05) is 43.8 Å². The highest BCUT2D eigenvalue weighted by molar-refractivity contribution is 5.89. The van der Waals surface area contributed by atoms with Crippen LogP contribution in [0.15, 0.2) is 36.9 Å². The Morgan fingerprint density at radius 2 is 1.72 bits per heavy atom. The number of unbranched alkanes of at least 4 members (excludes halogenated alkanes) is 1. The SMILES string of the molecule is CC(C)(C)OC(=O)NCCCCN(CCNC(=O)Nc1ccc(C(C)(C)C)cc1)CC1OC(n2cnc3c(N)ncnc32)CC1OC(C)(C)O. The summed E-state index contributed by atoms with van der Waals surface area (Å²) in [5, 5.41) is 19.3. The fourth-order valence-corrected chi connectivity index (χ4v) is 5.68. The molecular formula is C35H55N9O6. The number of anilines is 2. The highest BCUT2D eigenvalue weighted by atomic mass is 16.6. The van der Waals surface area contributed by atoms with Crippen LogP contribution in [0.3, 0.4) is 0 Å². The molecule has 0 radical (unpaired) electrons. The lowest BCUT2D eigenvalue weighted by atomic mass is 9.87. The third kappa shape index (κ3) is 11.8. The molecule has 1 aliphatic rings. The van der Waals surface area contributed by atoms with E-state index in [-0.39, 0.29) is 17.3 Å². The second kappa shape index (κ2) is 16.3. The first-order valence-corrected chi connectivity index (χ1v) is 17.2. The molecule has 3 amide bonds. The number of hydrogen-bond donors (Lipinski definition) is 5. The number of ether oxygens (including phenoxy) is 3. The van der Waals surface area contributed by atoms with Crippen molar-refractivity contribution in [1.29, 1.82) is 0 Å². The smallest absolute Gasteiger partial charge is 0.407 e. The second-order valence-corrected chi connectivity index (χ2v) is 15.2. The van der Waals surface area contributed by atoms with Crippen LogP contribution in [-0.2, 0) is 19.6 Å². The molecule has 0 bridgehead atoms. The summed E-state index contributed by atoms with van der Waals surface area (Å²) in [6.07, 6.45) is 3.11. The maximum absolute atomic E-state index is 12.8. The lowest BCUT2D eigenvalue weighted by Gasteiger charge is -2.31. The van der Waals surface area contributed by atoms with Crippen molar-refractivity contribution in [2.24, 2.45) is 0 Å². The normalized spacial score (nSPS) is 18.4. The largest absolute Gasteiger partial charge is 0.444 e. The van der Waals surface area contributed by atoms with E-state index in [1.807, 2.05) is 45.0 Å². The first-order valence-electron chi connectivity index (χ1n) is 17.2. The van der Waals surface area contributed by atoms with Gasteiger partial charge < -0.3 is 41.0 Å². The Balaban J connectivity index is 1.41. The van der Waals surface area contributed by atoms with Crippen molar-refractivity contribution < 1.29 is 28.9 Å². The van der Waals surface area contributed by atoms with Crippen LogP contribution in [0, 0.1) is 0 Å². The summed E-state index contributed by atoms with van der Waals surface area (Å²) in [5.41, 5.74) is 8.39. The number of imidazole rings is 1. The van der Waals surface area contributed by atoms with Gasteiger partial charge in [-0.3, -0.25) is 9.47 Å². The van der Waals surface area contributed by atoms with E-state index in [4.69, 9.17) is 19.9 Å². The number of rotatable bonds is 14. The van der Waals surface area contributed by atoms with Crippen molar-refractivity contribution in [3.05, 3.63) is 42.5 Å². The van der Waals surface area contributed by atoms with Gasteiger partial charge >= 0.3 is 12.1 Å². The van der Waals surface area contributed by atoms with Gasteiger partial charge in [-0.2, -0.15) is 0 Å². The van der Waals surface area contributed by atoms with Gasteiger partial charge in [0.2, 0.25) is 0 Å². The number of nitrogen functional groups attached to an aromatic ring is 1. The number of amides is 3. The van der Waals surface area contributed by atoms with Gasteiger partial charge in [0.25, 0.3) is 0 Å². The summed E-state index contributed by atoms with van der Waals surface area (Å²) in [4.78, 5) is 39.9. The van der Waals surface area contributed by atoms with Crippen LogP contribution in [0.1, 0.15) is 86.4 Å². The topological polar surface area (TPSA) is 191 Å². The molecule has 1 fully saturated rings. The van der Waals surface area contributed by atoms with E-state index in [0.717, 1.165) is 6.42 Å². The molecule has 6 N–H and O–H groups in total. The van der Waals surface area contributed by atoms with E-state index in [9.17, 15) is 14.7 Å². The number of nitrogens with zero attached hydrogens (tertiary/aromatic N) is 5. The fraction of sp³-hybridized carbons (Fsp3) is 0.629. The van der Waals surface area contributed by atoms with E-state index < -0.39 is 35.9 Å². The molecule has 0 spiro atoms. The van der Waals surface area contributed by atoms with Crippen LogP contribution in [0.2, 0.25) is 0 Å². The molecule has 3 aromatic rings. The number of benzene rings is 1. The van der Waals surface area contributed by atoms with Crippen LogP contribution < -0.4 is 21.7 Å². The number of aliphatic hydroxyl groups is 1. The zero-order valence-corrected chi connectivity index (χ0v) is 30.7. The number of alkyl carbamates (subject to hydrolysis) is 1. The average molecular weight is 698 g/mol. The second-order valence-electron chi connectivity index (χ2n) is 15.2. The maximum atomic E-state index is 12.8. The molecular weight excluding hydrogens is 642 g/mol. The Kier molecular flexibility index (Phi) is 12.6. The number of hydrogen-bond acceptors (Lipinski definition) is 11. The summed E-state index contributed by atoms with van der Waals surface area (Å²) in [6.45, 7) is 17.6. The number of aromatic nitrogens is 4. The van der Waals surface area contributed by atoms with E-state index >= 15 is 0 Å². The third-order valence-electron chi connectivity index (χ3n) is 8.05. The molecule has 1 aliphatic heterocycles. The van der Waals surface area contributed by atoms with E-state index in [1.165, 1.54) is 11.9 Å². The van der Waals surface area contributed by atoms with E-state index in [2.05, 4.69) is 56.6 Å². The first kappa shape index (κ1) is 38.7. The first-order chi connectivity index (χ1) is 23.4. The molecule has 50 heavy (non-hydrogen) atoms. The van der Waals surface area contributed by atoms with Crippen molar-refractivity contribution in [3.8, 4) is 0 Å². The molecule has 0 aliphatic carbocycles.